The highest BCUT2D eigenvalue weighted by atomic mass is 35.6. The van der Waals surface area contributed by atoms with Crippen molar-refractivity contribution in [3.05, 3.63) is 42.5 Å². The van der Waals surface area contributed by atoms with Crippen LogP contribution in [0.5, 0.6) is 0 Å². The van der Waals surface area contributed by atoms with E-state index < -0.39 is 15.9 Å². The molecule has 0 saturated carbocycles. The van der Waals surface area contributed by atoms with Crippen LogP contribution in [0.4, 0.5) is 5.69 Å². The lowest BCUT2D eigenvalue weighted by Crippen LogP contribution is -2.56. The summed E-state index contributed by atoms with van der Waals surface area (Å²) >= 11 is 28.2. The molecule has 0 aliphatic rings. The summed E-state index contributed by atoms with van der Waals surface area (Å²) in [6, 6.07) is 13.7. The number of halogens is 4. The van der Waals surface area contributed by atoms with Crippen molar-refractivity contribution in [1.29, 1.82) is 0 Å². The zero-order valence-corrected chi connectivity index (χ0v) is 16.0. The van der Waals surface area contributed by atoms with Gasteiger partial charge in [0.1, 0.15) is 12.0 Å². The van der Waals surface area contributed by atoms with Crippen molar-refractivity contribution in [2.75, 3.05) is 11.2 Å². The number of rotatable bonds is 4. The topological polar surface area (TPSA) is 53.2 Å². The fourth-order valence-electron chi connectivity index (χ4n) is 1.96. The Balaban J connectivity index is 2.07. The van der Waals surface area contributed by atoms with Gasteiger partial charge >= 0.3 is 0 Å². The molecule has 9 heteroatoms. The summed E-state index contributed by atoms with van der Waals surface area (Å²) in [5.41, 5.74) is 0.762. The molecule has 0 heterocycles. The first-order chi connectivity index (χ1) is 11.3. The van der Waals surface area contributed by atoms with E-state index in [0.717, 1.165) is 16.5 Å². The molecule has 0 aliphatic heterocycles. The lowest BCUT2D eigenvalue weighted by molar-refractivity contribution is -0.119. The standard InChI is InChI=1S/C15H13Cl4N3OS/c16-8-12(23)21-13(15(17,18)19)22-14(24)20-11-6-5-9-3-1-2-4-10(9)7-11/h1-7,13H,8H2,(H,21,23)(H2,20,22,24). The number of carbonyl (C=O) groups is 1. The van der Waals surface area contributed by atoms with E-state index in [0.29, 0.717) is 0 Å². The summed E-state index contributed by atoms with van der Waals surface area (Å²) in [4.78, 5) is 11.4. The predicted molar refractivity (Wildman–Crippen MR) is 106 cm³/mol. The molecule has 1 amide bonds. The SMILES string of the molecule is O=C(CCl)NC(NC(=S)Nc1ccc2ccccc2c1)C(Cl)(Cl)Cl. The van der Waals surface area contributed by atoms with E-state index in [1.54, 1.807) is 0 Å². The van der Waals surface area contributed by atoms with Gasteiger partial charge in [-0.25, -0.2) is 0 Å². The molecule has 0 radical (unpaired) electrons. The monoisotopic (exact) mass is 423 g/mol. The molecule has 2 rings (SSSR count). The maximum atomic E-state index is 11.4. The lowest BCUT2D eigenvalue weighted by atomic mass is 10.1. The summed E-state index contributed by atoms with van der Waals surface area (Å²) < 4.78 is -1.81. The highest BCUT2D eigenvalue weighted by Gasteiger charge is 2.34. The molecule has 0 saturated heterocycles. The van der Waals surface area contributed by atoms with Gasteiger partial charge in [-0.3, -0.25) is 4.79 Å². The second kappa shape index (κ2) is 8.41. The number of benzene rings is 2. The number of nitrogens with one attached hydrogen (secondary N) is 3. The number of thiocarbonyl (C=S) groups is 1. The third-order valence-electron chi connectivity index (χ3n) is 3.04. The van der Waals surface area contributed by atoms with Crippen molar-refractivity contribution < 1.29 is 4.79 Å². The molecule has 128 valence electrons. The van der Waals surface area contributed by atoms with Gasteiger partial charge in [-0.2, -0.15) is 0 Å². The highest BCUT2D eigenvalue weighted by Crippen LogP contribution is 2.29. The van der Waals surface area contributed by atoms with E-state index in [1.807, 2.05) is 42.5 Å². The van der Waals surface area contributed by atoms with E-state index in [4.69, 9.17) is 58.6 Å². The predicted octanol–water partition coefficient (Wildman–Crippen LogP) is 4.18. The van der Waals surface area contributed by atoms with Crippen LogP contribution in [-0.4, -0.2) is 26.9 Å². The summed E-state index contributed by atoms with van der Waals surface area (Å²) in [7, 11) is 0. The molecule has 4 nitrogen and oxygen atoms in total. The van der Waals surface area contributed by atoms with Crippen molar-refractivity contribution in [2.24, 2.45) is 0 Å². The van der Waals surface area contributed by atoms with Crippen LogP contribution < -0.4 is 16.0 Å². The molecular weight excluding hydrogens is 412 g/mol. The molecule has 1 unspecified atom stereocenters. The molecule has 0 bridgehead atoms. The second-order valence-corrected chi connectivity index (χ2v) is 7.88. The maximum absolute atomic E-state index is 11.4. The van der Waals surface area contributed by atoms with E-state index in [1.165, 1.54) is 0 Å². The van der Waals surface area contributed by atoms with E-state index in [-0.39, 0.29) is 11.0 Å². The normalized spacial score (nSPS) is 12.5. The largest absolute Gasteiger partial charge is 0.339 e. The molecule has 0 fully saturated rings. The smallest absolute Gasteiger partial charge is 0.236 e. The Morgan fingerprint density at radius 2 is 1.75 bits per heavy atom. The average Bonchev–Trinajstić information content (AvgIpc) is 2.53. The Hall–Kier alpha value is -0.980. The van der Waals surface area contributed by atoms with Crippen LogP contribution in [0.3, 0.4) is 0 Å². The molecular formula is C15H13Cl4N3OS. The second-order valence-electron chi connectivity index (χ2n) is 4.84. The third-order valence-corrected chi connectivity index (χ3v) is 4.15. The number of hydrogen-bond acceptors (Lipinski definition) is 2. The minimum Gasteiger partial charge on any atom is -0.339 e. The van der Waals surface area contributed by atoms with E-state index in [9.17, 15) is 4.79 Å². The van der Waals surface area contributed by atoms with E-state index >= 15 is 0 Å². The van der Waals surface area contributed by atoms with Crippen LogP contribution in [0.25, 0.3) is 10.8 Å². The molecule has 1 atom stereocenters. The van der Waals surface area contributed by atoms with Gasteiger partial charge in [-0.05, 0) is 35.1 Å². The Morgan fingerprint density at radius 1 is 1.08 bits per heavy atom. The molecule has 0 spiro atoms. The summed E-state index contributed by atoms with van der Waals surface area (Å²) in [5.74, 6) is -0.752. The molecule has 2 aromatic carbocycles. The fourth-order valence-corrected chi connectivity index (χ4v) is 2.60. The number of carbonyl (C=O) groups excluding carboxylic acids is 1. The van der Waals surface area contributed by atoms with E-state index in [2.05, 4.69) is 16.0 Å². The minimum atomic E-state index is -1.81. The molecule has 0 aliphatic carbocycles. The first kappa shape index (κ1) is 19.3. The number of hydrogen-bond donors (Lipinski definition) is 3. The average molecular weight is 425 g/mol. The molecule has 24 heavy (non-hydrogen) atoms. The van der Waals surface area contributed by atoms with Gasteiger partial charge in [0, 0.05) is 5.69 Å². The number of anilines is 1. The molecule has 2 aromatic rings. The van der Waals surface area contributed by atoms with Crippen LogP contribution in [0.15, 0.2) is 42.5 Å². The Labute approximate surface area is 164 Å². The number of fused-ring (bicyclic) bond motifs is 1. The van der Waals surface area contributed by atoms with Gasteiger partial charge in [-0.1, -0.05) is 65.1 Å². The third kappa shape index (κ3) is 5.53. The quantitative estimate of drug-likeness (QED) is 0.391. The van der Waals surface area contributed by atoms with Crippen molar-refractivity contribution in [3.63, 3.8) is 0 Å². The maximum Gasteiger partial charge on any atom is 0.236 e. The van der Waals surface area contributed by atoms with Gasteiger partial charge in [0.25, 0.3) is 0 Å². The lowest BCUT2D eigenvalue weighted by Gasteiger charge is -2.27. The highest BCUT2D eigenvalue weighted by molar-refractivity contribution is 7.80. The minimum absolute atomic E-state index is 0.191. The van der Waals surface area contributed by atoms with Crippen LogP contribution in [0.2, 0.25) is 0 Å². The van der Waals surface area contributed by atoms with Gasteiger partial charge < -0.3 is 16.0 Å². The number of alkyl halides is 4. The zero-order chi connectivity index (χ0) is 17.7. The molecule has 0 aromatic heterocycles. The van der Waals surface area contributed by atoms with Crippen molar-refractivity contribution in [1.82, 2.24) is 10.6 Å². The van der Waals surface area contributed by atoms with Gasteiger partial charge in [0.15, 0.2) is 5.11 Å². The Morgan fingerprint density at radius 3 is 2.38 bits per heavy atom. The summed E-state index contributed by atoms with van der Waals surface area (Å²) in [6.45, 7) is 0. The van der Waals surface area contributed by atoms with Crippen molar-refractivity contribution in [2.45, 2.75) is 9.96 Å². The van der Waals surface area contributed by atoms with Crippen molar-refractivity contribution >= 4 is 86.1 Å². The first-order valence-corrected chi connectivity index (χ1v) is 8.85. The first-order valence-electron chi connectivity index (χ1n) is 6.78. The van der Waals surface area contributed by atoms with Crippen LogP contribution in [0, 0.1) is 0 Å². The van der Waals surface area contributed by atoms with Gasteiger partial charge in [0.2, 0.25) is 9.70 Å². The van der Waals surface area contributed by atoms with Gasteiger partial charge in [-0.15, -0.1) is 11.6 Å². The van der Waals surface area contributed by atoms with Crippen LogP contribution >= 0.6 is 58.6 Å². The summed E-state index contributed by atoms with van der Waals surface area (Å²) in [5, 5.41) is 10.5. The van der Waals surface area contributed by atoms with Crippen LogP contribution in [-0.2, 0) is 4.79 Å². The zero-order valence-electron chi connectivity index (χ0n) is 12.2. The van der Waals surface area contributed by atoms with Crippen LogP contribution in [0.1, 0.15) is 0 Å². The van der Waals surface area contributed by atoms with Gasteiger partial charge in [0.05, 0.1) is 0 Å². The Bertz CT molecular complexity index is 751. The molecule has 3 N–H and O–H groups in total. The number of amides is 1. The Kier molecular flexibility index (Phi) is 6.78. The van der Waals surface area contributed by atoms with Crippen molar-refractivity contribution in [3.8, 4) is 0 Å². The fraction of sp³-hybridized carbons (Fsp3) is 0.200. The summed E-state index contributed by atoms with van der Waals surface area (Å²) in [6.07, 6.45) is -1.03.